The van der Waals surface area contributed by atoms with Gasteiger partial charge in [0.15, 0.2) is 0 Å². The van der Waals surface area contributed by atoms with E-state index in [9.17, 15) is 19.7 Å². The molecule has 0 radical (unpaired) electrons. The molecular weight excluding hydrogens is 410 g/mol. The van der Waals surface area contributed by atoms with Crippen molar-refractivity contribution < 1.29 is 19.2 Å². The molecule has 1 fully saturated rings. The Morgan fingerprint density at radius 1 is 1.23 bits per heavy atom. The number of nitro groups is 1. The van der Waals surface area contributed by atoms with Crippen molar-refractivity contribution in [3.63, 3.8) is 0 Å². The molecule has 1 heterocycles. The Morgan fingerprint density at radius 3 is 2.73 bits per heavy atom. The van der Waals surface area contributed by atoms with Gasteiger partial charge in [-0.2, -0.15) is 0 Å². The van der Waals surface area contributed by atoms with Crippen LogP contribution in [0.4, 0.5) is 5.69 Å². The number of carbonyl (C=O) groups is 2. The van der Waals surface area contributed by atoms with E-state index in [0.29, 0.717) is 32.5 Å². The molecular formula is C21H22ClN3O5. The lowest BCUT2D eigenvalue weighted by atomic mass is 10.1. The molecule has 2 amide bonds. The van der Waals surface area contributed by atoms with E-state index < -0.39 is 10.8 Å². The summed E-state index contributed by atoms with van der Waals surface area (Å²) in [6.45, 7) is 1.82. The molecule has 158 valence electrons. The van der Waals surface area contributed by atoms with E-state index in [0.717, 1.165) is 11.6 Å². The monoisotopic (exact) mass is 431 g/mol. The van der Waals surface area contributed by atoms with E-state index in [4.69, 9.17) is 16.3 Å². The van der Waals surface area contributed by atoms with Crippen LogP contribution in [0, 0.1) is 10.1 Å². The quantitative estimate of drug-likeness (QED) is 0.411. The topological polar surface area (TPSA) is 102 Å². The molecule has 1 aliphatic rings. The number of benzene rings is 2. The maximum Gasteiger partial charge on any atom is 0.288 e. The fourth-order valence-electron chi connectivity index (χ4n) is 3.24. The first-order chi connectivity index (χ1) is 14.5. The molecule has 1 unspecified atom stereocenters. The van der Waals surface area contributed by atoms with Gasteiger partial charge in [-0.05, 0) is 24.1 Å². The standard InChI is InChI=1S/C21H22ClN3O5/c22-17-9-8-16(13-18(17)25(28)29)21(27)23-10-4-7-20(26)24-11-12-30-19(14-24)15-5-2-1-3-6-15/h1-3,5-6,8-9,13,19H,4,7,10-12,14H2,(H,23,27). The molecule has 0 aliphatic carbocycles. The molecule has 1 atom stereocenters. The number of carbonyl (C=O) groups excluding carboxylic acids is 2. The first-order valence-corrected chi connectivity index (χ1v) is 10.00. The van der Waals surface area contributed by atoms with Gasteiger partial charge in [-0.3, -0.25) is 19.7 Å². The summed E-state index contributed by atoms with van der Waals surface area (Å²) >= 11 is 5.76. The van der Waals surface area contributed by atoms with Crippen molar-refractivity contribution in [3.8, 4) is 0 Å². The summed E-state index contributed by atoms with van der Waals surface area (Å²) in [5.41, 5.74) is 0.871. The number of nitro benzene ring substituents is 1. The summed E-state index contributed by atoms with van der Waals surface area (Å²) in [7, 11) is 0. The van der Waals surface area contributed by atoms with Gasteiger partial charge in [0.25, 0.3) is 11.6 Å². The average Bonchev–Trinajstić information content (AvgIpc) is 2.77. The Balaban J connectivity index is 1.45. The Bertz CT molecular complexity index is 922. The normalized spacial score (nSPS) is 16.2. The number of morpholine rings is 1. The van der Waals surface area contributed by atoms with Gasteiger partial charge < -0.3 is 15.0 Å². The predicted molar refractivity (Wildman–Crippen MR) is 111 cm³/mol. The average molecular weight is 432 g/mol. The molecule has 1 aliphatic heterocycles. The second-order valence-corrected chi connectivity index (χ2v) is 7.30. The van der Waals surface area contributed by atoms with Crippen molar-refractivity contribution in [2.75, 3.05) is 26.2 Å². The smallest absolute Gasteiger partial charge is 0.288 e. The molecule has 0 spiro atoms. The Kier molecular flexibility index (Phi) is 7.37. The van der Waals surface area contributed by atoms with Gasteiger partial charge >= 0.3 is 0 Å². The number of rotatable bonds is 7. The fourth-order valence-corrected chi connectivity index (χ4v) is 3.43. The van der Waals surface area contributed by atoms with E-state index in [1.165, 1.54) is 12.1 Å². The highest BCUT2D eigenvalue weighted by Gasteiger charge is 2.25. The van der Waals surface area contributed by atoms with Crippen LogP contribution in [0.3, 0.4) is 0 Å². The lowest BCUT2D eigenvalue weighted by Crippen LogP contribution is -2.42. The van der Waals surface area contributed by atoms with Crippen LogP contribution in [0.25, 0.3) is 0 Å². The van der Waals surface area contributed by atoms with E-state index in [1.54, 1.807) is 4.90 Å². The number of halogens is 1. The van der Waals surface area contributed by atoms with Gasteiger partial charge in [-0.25, -0.2) is 0 Å². The Hall–Kier alpha value is -2.97. The number of ether oxygens (including phenoxy) is 1. The molecule has 0 bridgehead atoms. The van der Waals surface area contributed by atoms with Crippen molar-refractivity contribution in [1.82, 2.24) is 10.2 Å². The van der Waals surface area contributed by atoms with Crippen LogP contribution in [-0.2, 0) is 9.53 Å². The van der Waals surface area contributed by atoms with E-state index in [-0.39, 0.29) is 34.8 Å². The van der Waals surface area contributed by atoms with Crippen LogP contribution in [0.5, 0.6) is 0 Å². The molecule has 9 heteroatoms. The number of hydrogen-bond donors (Lipinski definition) is 1. The van der Waals surface area contributed by atoms with E-state index in [1.807, 2.05) is 30.3 Å². The molecule has 1 saturated heterocycles. The molecule has 0 aromatic heterocycles. The van der Waals surface area contributed by atoms with Crippen molar-refractivity contribution >= 4 is 29.1 Å². The Labute approximate surface area is 178 Å². The lowest BCUT2D eigenvalue weighted by Gasteiger charge is -2.33. The van der Waals surface area contributed by atoms with Crippen LogP contribution in [0.2, 0.25) is 5.02 Å². The number of nitrogens with zero attached hydrogens (tertiary/aromatic N) is 2. The Morgan fingerprint density at radius 2 is 2.00 bits per heavy atom. The second-order valence-electron chi connectivity index (χ2n) is 6.89. The number of amides is 2. The zero-order valence-corrected chi connectivity index (χ0v) is 17.0. The van der Waals surface area contributed by atoms with Crippen molar-refractivity contribution in [1.29, 1.82) is 0 Å². The third-order valence-electron chi connectivity index (χ3n) is 4.85. The minimum Gasteiger partial charge on any atom is -0.370 e. The summed E-state index contributed by atoms with van der Waals surface area (Å²) in [4.78, 5) is 36.8. The van der Waals surface area contributed by atoms with Crippen LogP contribution in [0.15, 0.2) is 48.5 Å². The summed E-state index contributed by atoms with van der Waals surface area (Å²) in [6.07, 6.45) is 0.625. The molecule has 0 saturated carbocycles. The van der Waals surface area contributed by atoms with Crippen LogP contribution < -0.4 is 5.32 Å². The molecule has 1 N–H and O–H groups in total. The van der Waals surface area contributed by atoms with Crippen molar-refractivity contribution in [2.24, 2.45) is 0 Å². The van der Waals surface area contributed by atoms with Crippen LogP contribution in [-0.4, -0.2) is 47.9 Å². The van der Waals surface area contributed by atoms with Crippen molar-refractivity contribution in [2.45, 2.75) is 18.9 Å². The first kappa shape index (κ1) is 21.7. The molecule has 8 nitrogen and oxygen atoms in total. The zero-order chi connectivity index (χ0) is 21.5. The van der Waals surface area contributed by atoms with E-state index >= 15 is 0 Å². The summed E-state index contributed by atoms with van der Waals surface area (Å²) < 4.78 is 5.78. The summed E-state index contributed by atoms with van der Waals surface area (Å²) in [5, 5.41) is 13.6. The van der Waals surface area contributed by atoms with Gasteiger partial charge in [0, 0.05) is 31.1 Å². The van der Waals surface area contributed by atoms with Gasteiger partial charge in [0.1, 0.15) is 11.1 Å². The zero-order valence-electron chi connectivity index (χ0n) is 16.3. The minimum absolute atomic E-state index is 0.00982. The van der Waals surface area contributed by atoms with Gasteiger partial charge in [0.05, 0.1) is 18.1 Å². The predicted octanol–water partition coefficient (Wildman–Crippen LogP) is 3.36. The van der Waals surface area contributed by atoms with Crippen molar-refractivity contribution in [3.05, 3.63) is 74.8 Å². The number of hydrogen-bond acceptors (Lipinski definition) is 5. The third-order valence-corrected chi connectivity index (χ3v) is 5.17. The SMILES string of the molecule is O=C(NCCCC(=O)N1CCOC(c2ccccc2)C1)c1ccc(Cl)c([N+](=O)[O-])c1. The second kappa shape index (κ2) is 10.2. The molecule has 3 rings (SSSR count). The third kappa shape index (κ3) is 5.55. The highest BCUT2D eigenvalue weighted by atomic mass is 35.5. The fraction of sp³-hybridized carbons (Fsp3) is 0.333. The highest BCUT2D eigenvalue weighted by Crippen LogP contribution is 2.25. The number of nitrogens with one attached hydrogen (secondary N) is 1. The summed E-state index contributed by atoms with van der Waals surface area (Å²) in [5.74, 6) is -0.437. The maximum absolute atomic E-state index is 12.5. The molecule has 2 aromatic rings. The lowest BCUT2D eigenvalue weighted by molar-refractivity contribution is -0.384. The first-order valence-electron chi connectivity index (χ1n) is 9.62. The van der Waals surface area contributed by atoms with Crippen LogP contribution >= 0.6 is 11.6 Å². The van der Waals surface area contributed by atoms with Gasteiger partial charge in [0.2, 0.25) is 5.91 Å². The largest absolute Gasteiger partial charge is 0.370 e. The summed E-state index contributed by atoms with van der Waals surface area (Å²) in [6, 6.07) is 13.7. The van der Waals surface area contributed by atoms with Crippen LogP contribution in [0.1, 0.15) is 34.9 Å². The van der Waals surface area contributed by atoms with Gasteiger partial charge in [-0.15, -0.1) is 0 Å². The molecule has 2 aromatic carbocycles. The minimum atomic E-state index is -0.636. The highest BCUT2D eigenvalue weighted by molar-refractivity contribution is 6.32. The molecule has 30 heavy (non-hydrogen) atoms. The van der Waals surface area contributed by atoms with Gasteiger partial charge in [-0.1, -0.05) is 41.9 Å². The van der Waals surface area contributed by atoms with E-state index in [2.05, 4.69) is 5.32 Å². The maximum atomic E-state index is 12.5.